The molecule has 2 nitrogen and oxygen atoms in total. The monoisotopic (exact) mass is 484 g/mol. The van der Waals surface area contributed by atoms with Crippen molar-refractivity contribution in [3.8, 4) is 33.9 Å². The van der Waals surface area contributed by atoms with E-state index in [1.54, 1.807) is 0 Å². The van der Waals surface area contributed by atoms with E-state index >= 15 is 0 Å². The Labute approximate surface area is 219 Å². The fraction of sp³-hybridized carbons (Fsp3) is 0.286. The highest BCUT2D eigenvalue weighted by Gasteiger charge is 2.43. The zero-order chi connectivity index (χ0) is 25.9. The summed E-state index contributed by atoms with van der Waals surface area (Å²) in [5.41, 5.74) is 10.4. The number of aryl methyl sites for hydroxylation is 2. The van der Waals surface area contributed by atoms with Crippen LogP contribution >= 0.6 is 0 Å². The molecule has 0 bridgehead atoms. The largest absolute Gasteiger partial charge is 0.455 e. The maximum absolute atomic E-state index is 7.27. The van der Waals surface area contributed by atoms with Gasteiger partial charge in [0, 0.05) is 22.6 Å². The molecule has 1 aliphatic heterocycles. The van der Waals surface area contributed by atoms with Gasteiger partial charge < -0.3 is 4.74 Å². The van der Waals surface area contributed by atoms with Gasteiger partial charge in [0.2, 0.25) is 5.69 Å². The van der Waals surface area contributed by atoms with E-state index in [1.165, 1.54) is 66.2 Å². The van der Waals surface area contributed by atoms with Crippen molar-refractivity contribution in [2.45, 2.75) is 53.4 Å². The third-order valence-electron chi connectivity index (χ3n) is 8.58. The molecule has 184 valence electrons. The molecule has 0 radical (unpaired) electrons. The predicted octanol–water partition coefficient (Wildman–Crippen LogP) is 8.79. The van der Waals surface area contributed by atoms with Gasteiger partial charge in [-0.05, 0) is 63.2 Å². The molecule has 0 saturated heterocycles. The van der Waals surface area contributed by atoms with Crippen LogP contribution in [-0.2, 0) is 18.9 Å². The Bertz CT molecular complexity index is 1800. The number of hydrogen-bond donors (Lipinski definition) is 0. The summed E-state index contributed by atoms with van der Waals surface area (Å²) in [7, 11) is 2.18. The van der Waals surface area contributed by atoms with E-state index in [1.807, 2.05) is 0 Å². The zero-order valence-electron chi connectivity index (χ0n) is 22.9. The Morgan fingerprint density at radius 2 is 1.57 bits per heavy atom. The molecular weight excluding hydrogens is 450 g/mol. The van der Waals surface area contributed by atoms with Crippen LogP contribution in [0.2, 0.25) is 0 Å². The Kier molecular flexibility index (Phi) is 4.40. The van der Waals surface area contributed by atoms with Gasteiger partial charge in [0.15, 0.2) is 6.20 Å². The van der Waals surface area contributed by atoms with E-state index in [0.29, 0.717) is 0 Å². The molecule has 0 N–H and O–H groups in total. The van der Waals surface area contributed by atoms with Crippen LogP contribution in [0.25, 0.3) is 43.9 Å². The lowest BCUT2D eigenvalue weighted by atomic mass is 9.79. The lowest BCUT2D eigenvalue weighted by molar-refractivity contribution is -0.659. The Morgan fingerprint density at radius 3 is 2.32 bits per heavy atom. The Balaban J connectivity index is 1.67. The van der Waals surface area contributed by atoms with E-state index in [-0.39, 0.29) is 10.8 Å². The van der Waals surface area contributed by atoms with Gasteiger partial charge in [-0.3, -0.25) is 0 Å². The molecule has 0 unspecified atom stereocenters. The van der Waals surface area contributed by atoms with Gasteiger partial charge >= 0.3 is 0 Å². The molecule has 4 aromatic carbocycles. The van der Waals surface area contributed by atoms with Gasteiger partial charge in [0.25, 0.3) is 0 Å². The highest BCUT2D eigenvalue weighted by atomic mass is 16.5. The highest BCUT2D eigenvalue weighted by molar-refractivity contribution is 6.09. The van der Waals surface area contributed by atoms with Gasteiger partial charge in [-0.1, -0.05) is 83.1 Å². The number of hydrogen-bond acceptors (Lipinski definition) is 1. The van der Waals surface area contributed by atoms with Crippen molar-refractivity contribution in [2.75, 3.05) is 0 Å². The van der Waals surface area contributed by atoms with Crippen LogP contribution < -0.4 is 9.30 Å². The molecule has 2 heterocycles. The van der Waals surface area contributed by atoms with Crippen molar-refractivity contribution in [3.63, 3.8) is 0 Å². The first kappa shape index (κ1) is 22.5. The minimum Gasteiger partial charge on any atom is -0.455 e. The van der Waals surface area contributed by atoms with E-state index in [9.17, 15) is 0 Å². The average Bonchev–Trinajstić information content (AvgIpc) is 3.09. The molecule has 5 aromatic rings. The number of benzene rings is 4. The smallest absolute Gasteiger partial charge is 0.228 e. The first-order valence-corrected chi connectivity index (χ1v) is 13.4. The zero-order valence-corrected chi connectivity index (χ0v) is 22.9. The molecule has 37 heavy (non-hydrogen) atoms. The molecule has 0 atom stereocenters. The van der Waals surface area contributed by atoms with Crippen LogP contribution in [0.5, 0.6) is 11.5 Å². The van der Waals surface area contributed by atoms with Gasteiger partial charge in [0.1, 0.15) is 18.5 Å². The fourth-order valence-corrected chi connectivity index (χ4v) is 6.99. The summed E-state index contributed by atoms with van der Waals surface area (Å²) in [6.45, 7) is 13.9. The third kappa shape index (κ3) is 2.96. The summed E-state index contributed by atoms with van der Waals surface area (Å²) >= 11 is 0. The average molecular weight is 485 g/mol. The van der Waals surface area contributed by atoms with Gasteiger partial charge in [-0.2, -0.15) is 0 Å². The molecule has 0 spiro atoms. The number of fused-ring (bicyclic) bond motifs is 7. The summed E-state index contributed by atoms with van der Waals surface area (Å²) < 4.78 is 9.57. The SMILES string of the molecule is Cc1c2c(c(CC(C)(C)C)c3ccccc13)Oc1c3c(cc4cc[n+](C)c-2c14)-c1ccccc1C3(C)C. The first-order chi connectivity index (χ1) is 17.6. The van der Waals surface area contributed by atoms with Gasteiger partial charge in [-0.15, -0.1) is 0 Å². The standard InChI is InChI=1S/C35H34NO/c1-20-22-12-8-9-13-23(22)26(19-34(2,3)4)32-28(20)31-29-21(16-17-36(31)7)18-25-24-14-10-11-15-27(24)35(5,6)30(25)33(29)37-32/h8-18H,19H2,1-7H3/q+1. The maximum Gasteiger partial charge on any atom is 0.228 e. The molecule has 1 aliphatic carbocycles. The van der Waals surface area contributed by atoms with Crippen molar-refractivity contribution in [1.29, 1.82) is 0 Å². The van der Waals surface area contributed by atoms with Crippen LogP contribution in [0, 0.1) is 12.3 Å². The molecule has 7 rings (SSSR count). The van der Waals surface area contributed by atoms with Gasteiger partial charge in [-0.25, -0.2) is 4.57 Å². The molecular formula is C35H34NO+. The third-order valence-corrected chi connectivity index (χ3v) is 8.58. The summed E-state index contributed by atoms with van der Waals surface area (Å²) in [4.78, 5) is 0. The second kappa shape index (κ2) is 7.22. The molecule has 0 saturated carbocycles. The first-order valence-electron chi connectivity index (χ1n) is 13.4. The van der Waals surface area contributed by atoms with Crippen molar-refractivity contribution < 1.29 is 9.30 Å². The number of pyridine rings is 1. The normalized spacial score (nSPS) is 14.9. The number of rotatable bonds is 1. The summed E-state index contributed by atoms with van der Waals surface area (Å²) in [5.74, 6) is 2.08. The number of aromatic nitrogens is 1. The van der Waals surface area contributed by atoms with E-state index in [0.717, 1.165) is 17.9 Å². The highest BCUT2D eigenvalue weighted by Crippen LogP contribution is 2.59. The Morgan fingerprint density at radius 1 is 0.865 bits per heavy atom. The number of nitrogens with zero attached hydrogens (tertiary/aromatic N) is 1. The summed E-state index contributed by atoms with van der Waals surface area (Å²) in [6, 6.07) is 22.4. The van der Waals surface area contributed by atoms with Crippen LogP contribution in [0.4, 0.5) is 0 Å². The van der Waals surface area contributed by atoms with Crippen LogP contribution in [0.15, 0.2) is 66.9 Å². The van der Waals surface area contributed by atoms with Crippen molar-refractivity contribution >= 4 is 21.5 Å². The lowest BCUT2D eigenvalue weighted by Crippen LogP contribution is -2.32. The predicted molar refractivity (Wildman–Crippen MR) is 154 cm³/mol. The molecule has 0 fully saturated rings. The minimum absolute atomic E-state index is 0.123. The van der Waals surface area contributed by atoms with Crippen LogP contribution in [-0.4, -0.2) is 0 Å². The minimum atomic E-state index is -0.144. The van der Waals surface area contributed by atoms with Crippen LogP contribution in [0.1, 0.15) is 56.9 Å². The van der Waals surface area contributed by atoms with Gasteiger partial charge in [0.05, 0.1) is 10.9 Å². The van der Waals surface area contributed by atoms with Crippen molar-refractivity contribution in [1.82, 2.24) is 0 Å². The van der Waals surface area contributed by atoms with Crippen molar-refractivity contribution in [2.24, 2.45) is 12.5 Å². The maximum atomic E-state index is 7.27. The number of ether oxygens (including phenoxy) is 1. The van der Waals surface area contributed by atoms with E-state index in [4.69, 9.17) is 4.74 Å². The summed E-state index contributed by atoms with van der Waals surface area (Å²) in [5, 5.41) is 5.10. The lowest BCUT2D eigenvalue weighted by Gasteiger charge is -2.31. The summed E-state index contributed by atoms with van der Waals surface area (Å²) in [6.07, 6.45) is 3.16. The molecule has 2 heteroatoms. The van der Waals surface area contributed by atoms with Crippen LogP contribution in [0.3, 0.4) is 0 Å². The molecule has 0 amide bonds. The molecule has 1 aromatic heterocycles. The van der Waals surface area contributed by atoms with E-state index < -0.39 is 0 Å². The fourth-order valence-electron chi connectivity index (χ4n) is 6.99. The molecule has 2 aliphatic rings. The van der Waals surface area contributed by atoms with Crippen molar-refractivity contribution in [3.05, 3.63) is 89.1 Å². The topological polar surface area (TPSA) is 13.1 Å². The second-order valence-corrected chi connectivity index (χ2v) is 12.7. The quantitative estimate of drug-likeness (QED) is 0.213. The van der Waals surface area contributed by atoms with E-state index in [2.05, 4.69) is 120 Å². The second-order valence-electron chi connectivity index (χ2n) is 12.7. The Hall–Kier alpha value is -3.65.